The number of aliphatic hydroxyl groups excluding tert-OH is 1. The van der Waals surface area contributed by atoms with Gasteiger partial charge in [0.05, 0.1) is 13.2 Å². The third kappa shape index (κ3) is 1.01. The topological polar surface area (TPSA) is 38.7 Å². The molecule has 3 nitrogen and oxygen atoms in total. The molecule has 0 aromatic heterocycles. The number of ether oxygens (including phenoxy) is 2. The number of aliphatic hydroxyl groups is 1. The summed E-state index contributed by atoms with van der Waals surface area (Å²) in [5.74, 6) is 1.35. The first-order valence-electron chi connectivity index (χ1n) is 5.23. The van der Waals surface area contributed by atoms with Gasteiger partial charge in [-0.3, -0.25) is 0 Å². The van der Waals surface area contributed by atoms with Gasteiger partial charge in [0.15, 0.2) is 5.79 Å². The van der Waals surface area contributed by atoms with E-state index in [1.165, 1.54) is 12.8 Å². The van der Waals surface area contributed by atoms with Gasteiger partial charge in [0.25, 0.3) is 0 Å². The van der Waals surface area contributed by atoms with E-state index in [1.54, 1.807) is 0 Å². The molecule has 3 aliphatic rings. The van der Waals surface area contributed by atoms with Gasteiger partial charge >= 0.3 is 0 Å². The summed E-state index contributed by atoms with van der Waals surface area (Å²) in [5.41, 5.74) is 0. The van der Waals surface area contributed by atoms with Gasteiger partial charge in [-0.15, -0.1) is 0 Å². The van der Waals surface area contributed by atoms with Crippen LogP contribution in [0.25, 0.3) is 0 Å². The van der Waals surface area contributed by atoms with Gasteiger partial charge in [0.1, 0.15) is 0 Å². The molecule has 3 atom stereocenters. The molecule has 0 radical (unpaired) electrons. The lowest BCUT2D eigenvalue weighted by molar-refractivity contribution is -0.204. The van der Waals surface area contributed by atoms with Gasteiger partial charge in [0.2, 0.25) is 0 Å². The second kappa shape index (κ2) is 2.69. The van der Waals surface area contributed by atoms with Crippen LogP contribution in [0.15, 0.2) is 0 Å². The Morgan fingerprint density at radius 3 is 2.62 bits per heavy atom. The quantitative estimate of drug-likeness (QED) is 0.654. The molecule has 13 heavy (non-hydrogen) atoms. The highest BCUT2D eigenvalue weighted by Crippen LogP contribution is 2.56. The van der Waals surface area contributed by atoms with Crippen LogP contribution in [0, 0.1) is 17.8 Å². The molecule has 1 spiro atoms. The Kier molecular flexibility index (Phi) is 1.70. The van der Waals surface area contributed by atoms with Crippen molar-refractivity contribution in [2.75, 3.05) is 19.8 Å². The fraction of sp³-hybridized carbons (Fsp3) is 1.00. The Hall–Kier alpha value is -0.120. The highest BCUT2D eigenvalue weighted by atomic mass is 16.7. The van der Waals surface area contributed by atoms with E-state index < -0.39 is 0 Å². The van der Waals surface area contributed by atoms with Gasteiger partial charge < -0.3 is 14.6 Å². The largest absolute Gasteiger partial charge is 0.396 e. The highest BCUT2D eigenvalue weighted by molar-refractivity contribution is 5.02. The maximum Gasteiger partial charge on any atom is 0.171 e. The lowest BCUT2D eigenvalue weighted by Crippen LogP contribution is -2.41. The third-order valence-corrected chi connectivity index (χ3v) is 3.94. The zero-order valence-corrected chi connectivity index (χ0v) is 7.74. The van der Waals surface area contributed by atoms with Crippen molar-refractivity contribution in [2.45, 2.75) is 25.0 Å². The average Bonchev–Trinajstić information content (AvgIpc) is 2.80. The summed E-state index contributed by atoms with van der Waals surface area (Å²) in [6, 6.07) is 0. The van der Waals surface area contributed by atoms with E-state index >= 15 is 0 Å². The summed E-state index contributed by atoms with van der Waals surface area (Å²) in [6.07, 6.45) is 3.44. The molecule has 3 fully saturated rings. The van der Waals surface area contributed by atoms with Crippen LogP contribution in [0.4, 0.5) is 0 Å². The first-order chi connectivity index (χ1) is 6.34. The first kappa shape index (κ1) is 8.21. The summed E-state index contributed by atoms with van der Waals surface area (Å²) in [4.78, 5) is 0. The average molecular weight is 184 g/mol. The van der Waals surface area contributed by atoms with Gasteiger partial charge in [-0.2, -0.15) is 0 Å². The minimum atomic E-state index is -0.281. The Morgan fingerprint density at radius 2 is 2.00 bits per heavy atom. The van der Waals surface area contributed by atoms with Crippen LogP contribution in [0.5, 0.6) is 0 Å². The Labute approximate surface area is 78.0 Å². The van der Waals surface area contributed by atoms with E-state index in [0.717, 1.165) is 25.6 Å². The zero-order chi connectivity index (χ0) is 8.89. The molecule has 0 aromatic carbocycles. The maximum absolute atomic E-state index is 9.22. The second-order valence-corrected chi connectivity index (χ2v) is 4.60. The maximum atomic E-state index is 9.22. The van der Waals surface area contributed by atoms with Crippen molar-refractivity contribution in [2.24, 2.45) is 17.8 Å². The van der Waals surface area contributed by atoms with E-state index in [0.29, 0.717) is 18.4 Å². The van der Waals surface area contributed by atoms with Crippen LogP contribution in [-0.2, 0) is 9.47 Å². The number of hydrogen-bond donors (Lipinski definition) is 1. The monoisotopic (exact) mass is 184 g/mol. The van der Waals surface area contributed by atoms with E-state index in [4.69, 9.17) is 9.47 Å². The molecule has 1 N–H and O–H groups in total. The number of hydrogen-bond acceptors (Lipinski definition) is 3. The fourth-order valence-electron chi connectivity index (χ4n) is 3.50. The van der Waals surface area contributed by atoms with Crippen molar-refractivity contribution in [3.05, 3.63) is 0 Å². The third-order valence-electron chi connectivity index (χ3n) is 3.94. The molecule has 2 aliphatic carbocycles. The standard InChI is InChI=1S/C10H16O3/c11-6-8-3-7-4-9(8)10(5-7)12-1-2-13-10/h7-9,11H,1-6H2/t7-,8+,9+/m1/s1. The SMILES string of the molecule is OC[C@@H]1C[C@@H]2C[C@@H]1C1(C2)OCCO1. The summed E-state index contributed by atoms with van der Waals surface area (Å²) in [6.45, 7) is 1.78. The van der Waals surface area contributed by atoms with Crippen LogP contribution in [0.2, 0.25) is 0 Å². The molecule has 74 valence electrons. The van der Waals surface area contributed by atoms with E-state index in [9.17, 15) is 5.11 Å². The fourth-order valence-corrected chi connectivity index (χ4v) is 3.50. The second-order valence-electron chi connectivity index (χ2n) is 4.60. The van der Waals surface area contributed by atoms with Crippen molar-refractivity contribution < 1.29 is 14.6 Å². The molecular weight excluding hydrogens is 168 g/mol. The molecule has 0 unspecified atom stereocenters. The van der Waals surface area contributed by atoms with Gasteiger partial charge in [-0.1, -0.05) is 0 Å². The van der Waals surface area contributed by atoms with Gasteiger partial charge in [-0.05, 0) is 24.7 Å². The van der Waals surface area contributed by atoms with Crippen LogP contribution in [-0.4, -0.2) is 30.7 Å². The summed E-state index contributed by atoms with van der Waals surface area (Å²) < 4.78 is 11.5. The molecule has 2 saturated carbocycles. The summed E-state index contributed by atoms with van der Waals surface area (Å²) in [7, 11) is 0. The van der Waals surface area contributed by atoms with Crippen molar-refractivity contribution in [3.8, 4) is 0 Å². The van der Waals surface area contributed by atoms with Gasteiger partial charge in [0, 0.05) is 18.9 Å². The van der Waals surface area contributed by atoms with Crippen molar-refractivity contribution in [3.63, 3.8) is 0 Å². The Bertz CT molecular complexity index is 210. The predicted octanol–water partition coefficient (Wildman–Crippen LogP) is 0.768. The predicted molar refractivity (Wildman–Crippen MR) is 46.0 cm³/mol. The van der Waals surface area contributed by atoms with E-state index in [1.807, 2.05) is 0 Å². The lowest BCUT2D eigenvalue weighted by atomic mass is 9.84. The number of rotatable bonds is 1. The molecule has 0 aromatic rings. The summed E-state index contributed by atoms with van der Waals surface area (Å²) in [5, 5.41) is 9.22. The molecule has 2 bridgehead atoms. The highest BCUT2D eigenvalue weighted by Gasteiger charge is 2.58. The molecule has 1 heterocycles. The van der Waals surface area contributed by atoms with Crippen LogP contribution in [0.1, 0.15) is 19.3 Å². The Balaban J connectivity index is 1.84. The van der Waals surface area contributed by atoms with Crippen LogP contribution < -0.4 is 0 Å². The molecule has 1 saturated heterocycles. The van der Waals surface area contributed by atoms with Crippen molar-refractivity contribution in [1.82, 2.24) is 0 Å². The van der Waals surface area contributed by atoms with Crippen LogP contribution >= 0.6 is 0 Å². The molecule has 3 rings (SSSR count). The smallest absolute Gasteiger partial charge is 0.171 e. The molecular formula is C10H16O3. The molecule has 3 heteroatoms. The number of fused-ring (bicyclic) bond motifs is 3. The summed E-state index contributed by atoms with van der Waals surface area (Å²) >= 11 is 0. The van der Waals surface area contributed by atoms with E-state index in [2.05, 4.69) is 0 Å². The first-order valence-corrected chi connectivity index (χ1v) is 5.23. The lowest BCUT2D eigenvalue weighted by Gasteiger charge is -2.35. The zero-order valence-electron chi connectivity index (χ0n) is 7.74. The van der Waals surface area contributed by atoms with Crippen LogP contribution in [0.3, 0.4) is 0 Å². The minimum absolute atomic E-state index is 0.281. The normalized spacial score (nSPS) is 46.4. The Morgan fingerprint density at radius 1 is 1.23 bits per heavy atom. The van der Waals surface area contributed by atoms with E-state index in [-0.39, 0.29) is 5.79 Å². The van der Waals surface area contributed by atoms with Gasteiger partial charge in [-0.25, -0.2) is 0 Å². The minimum Gasteiger partial charge on any atom is -0.396 e. The van der Waals surface area contributed by atoms with Crippen molar-refractivity contribution >= 4 is 0 Å². The molecule has 1 aliphatic heterocycles. The molecule has 0 amide bonds. The van der Waals surface area contributed by atoms with Crippen molar-refractivity contribution in [1.29, 1.82) is 0 Å².